The second kappa shape index (κ2) is 10.6. The van der Waals surface area contributed by atoms with E-state index in [1.807, 2.05) is 20.8 Å². The van der Waals surface area contributed by atoms with Crippen LogP contribution in [0.1, 0.15) is 53.4 Å². The van der Waals surface area contributed by atoms with Crippen molar-refractivity contribution in [2.24, 2.45) is 0 Å². The third-order valence-electron chi connectivity index (χ3n) is 3.49. The van der Waals surface area contributed by atoms with Crippen molar-refractivity contribution in [2.45, 2.75) is 58.8 Å². The molecule has 0 aliphatic heterocycles. The normalized spacial score (nSPS) is 16.3. The van der Waals surface area contributed by atoms with E-state index in [0.29, 0.717) is 6.42 Å². The predicted molar refractivity (Wildman–Crippen MR) is 98.2 cm³/mol. The van der Waals surface area contributed by atoms with Gasteiger partial charge in [0.2, 0.25) is 0 Å². The minimum atomic E-state index is -6.10. The lowest BCUT2D eigenvalue weighted by atomic mass is 10.1. The van der Waals surface area contributed by atoms with E-state index < -0.39 is 27.2 Å². The van der Waals surface area contributed by atoms with E-state index in [-0.39, 0.29) is 0 Å². The highest BCUT2D eigenvalue weighted by Gasteiger charge is 2.64. The number of hydrogen-bond acceptors (Lipinski definition) is 3. The van der Waals surface area contributed by atoms with Crippen LogP contribution < -0.4 is 0 Å². The summed E-state index contributed by atoms with van der Waals surface area (Å²) in [5, 5.41) is -5.13. The summed E-state index contributed by atoms with van der Waals surface area (Å²) in [6.07, 6.45) is 8.79. The Morgan fingerprint density at radius 3 is 1.85 bits per heavy atom. The van der Waals surface area contributed by atoms with Crippen LogP contribution in [0.3, 0.4) is 0 Å². The predicted octanol–water partition coefficient (Wildman–Crippen LogP) is 5.34. The molecule has 0 radical (unpaired) electrons. The van der Waals surface area contributed by atoms with Crippen molar-refractivity contribution in [3.63, 3.8) is 0 Å². The molecule has 0 bridgehead atoms. The average molecular weight is 416 g/mol. The fraction of sp³-hybridized carbons (Fsp3) is 0.625. The van der Waals surface area contributed by atoms with Crippen molar-refractivity contribution in [1.29, 1.82) is 0 Å². The molecule has 0 saturated heterocycles. The fourth-order valence-electron chi connectivity index (χ4n) is 1.86. The van der Waals surface area contributed by atoms with Gasteiger partial charge in [0.25, 0.3) is 0 Å². The van der Waals surface area contributed by atoms with E-state index >= 15 is 0 Å². The van der Waals surface area contributed by atoms with Gasteiger partial charge in [-0.05, 0) is 53.4 Å². The first-order valence-electron chi connectivity index (χ1n) is 8.06. The van der Waals surface area contributed by atoms with Gasteiger partial charge >= 0.3 is 20.6 Å². The van der Waals surface area contributed by atoms with Crippen LogP contribution in [0.25, 0.3) is 0 Å². The first kappa shape index (κ1) is 25.4. The monoisotopic (exact) mass is 416 g/mol. The van der Waals surface area contributed by atoms with E-state index in [1.54, 1.807) is 6.92 Å². The van der Waals surface area contributed by atoms with E-state index in [2.05, 4.69) is 16.7 Å². The molecule has 0 spiro atoms. The van der Waals surface area contributed by atoms with E-state index in [9.17, 15) is 17.9 Å². The van der Waals surface area contributed by atoms with Gasteiger partial charge in [-0.15, -0.1) is 0 Å². The largest absolute Gasteiger partial charge is 0.443 e. The van der Waals surface area contributed by atoms with Crippen molar-refractivity contribution < 1.29 is 37.1 Å². The molecular formula is C16H28F2O6P2. The van der Waals surface area contributed by atoms with Crippen LogP contribution in [-0.2, 0) is 13.7 Å². The van der Waals surface area contributed by atoms with Crippen molar-refractivity contribution in [1.82, 2.24) is 0 Å². The van der Waals surface area contributed by atoms with Crippen LogP contribution in [0.15, 0.2) is 34.9 Å². The third-order valence-corrected chi connectivity index (χ3v) is 6.91. The SMILES string of the molecule is CC(C)=CCCC(C)=CCCC(C)=CCOP(=O)(O)C(F)(F)P(=O)(O)O. The molecular weight excluding hydrogens is 388 g/mol. The summed E-state index contributed by atoms with van der Waals surface area (Å²) in [5.74, 6) is 0. The zero-order valence-corrected chi connectivity index (χ0v) is 17.3. The van der Waals surface area contributed by atoms with Gasteiger partial charge in [-0.2, -0.15) is 8.78 Å². The smallest absolute Gasteiger partial charge is 0.320 e. The quantitative estimate of drug-likeness (QED) is 0.310. The molecule has 0 amide bonds. The molecule has 0 aliphatic rings. The zero-order chi connectivity index (χ0) is 20.6. The van der Waals surface area contributed by atoms with Crippen LogP contribution in [-0.4, -0.2) is 26.7 Å². The van der Waals surface area contributed by atoms with Gasteiger partial charge < -0.3 is 14.7 Å². The third kappa shape index (κ3) is 8.85. The topological polar surface area (TPSA) is 104 Å². The number of hydrogen-bond donors (Lipinski definition) is 3. The summed E-state index contributed by atoms with van der Waals surface area (Å²) in [6.45, 7) is 7.16. The summed E-state index contributed by atoms with van der Waals surface area (Å²) in [6, 6.07) is 0. The highest BCUT2D eigenvalue weighted by atomic mass is 31.2. The Balaban J connectivity index is 4.49. The van der Waals surface area contributed by atoms with Crippen LogP contribution in [0.5, 0.6) is 0 Å². The Morgan fingerprint density at radius 1 is 0.923 bits per heavy atom. The first-order valence-corrected chi connectivity index (χ1v) is 11.2. The van der Waals surface area contributed by atoms with E-state index in [0.717, 1.165) is 24.8 Å². The molecule has 3 N–H and O–H groups in total. The Bertz CT molecular complexity index is 645. The molecule has 0 heterocycles. The number of allylic oxidation sites excluding steroid dienone is 5. The van der Waals surface area contributed by atoms with Gasteiger partial charge in [-0.3, -0.25) is 13.7 Å². The summed E-state index contributed by atoms with van der Waals surface area (Å²) in [5.41, 5.74) is 3.24. The second-order valence-electron chi connectivity index (χ2n) is 6.33. The average Bonchev–Trinajstić information content (AvgIpc) is 2.45. The molecule has 1 unspecified atom stereocenters. The first-order chi connectivity index (χ1) is 11.7. The number of alkyl halides is 2. The van der Waals surface area contributed by atoms with Gasteiger partial charge in [-0.1, -0.05) is 34.9 Å². The molecule has 152 valence electrons. The molecule has 6 nitrogen and oxygen atoms in total. The zero-order valence-electron chi connectivity index (χ0n) is 15.5. The lowest BCUT2D eigenvalue weighted by Crippen LogP contribution is -2.18. The maximum atomic E-state index is 13.2. The lowest BCUT2D eigenvalue weighted by molar-refractivity contribution is 0.0958. The molecule has 0 rings (SSSR count). The Kier molecular flexibility index (Phi) is 10.4. The van der Waals surface area contributed by atoms with Gasteiger partial charge in [0.05, 0.1) is 6.61 Å². The Hall–Kier alpha value is -0.620. The van der Waals surface area contributed by atoms with E-state index in [1.165, 1.54) is 17.2 Å². The lowest BCUT2D eigenvalue weighted by Gasteiger charge is -2.21. The minimum Gasteiger partial charge on any atom is -0.320 e. The van der Waals surface area contributed by atoms with Gasteiger partial charge in [0.1, 0.15) is 0 Å². The second-order valence-corrected chi connectivity index (χ2v) is 10.2. The van der Waals surface area contributed by atoms with E-state index in [4.69, 9.17) is 14.7 Å². The summed E-state index contributed by atoms with van der Waals surface area (Å²) < 4.78 is 52.6. The molecule has 26 heavy (non-hydrogen) atoms. The molecule has 10 heteroatoms. The fourth-order valence-corrected chi connectivity index (χ4v) is 3.78. The van der Waals surface area contributed by atoms with Crippen LogP contribution in [0.4, 0.5) is 8.78 Å². The summed E-state index contributed by atoms with van der Waals surface area (Å²) in [7, 11) is -11.9. The molecule has 0 aromatic heterocycles. The Labute approximate surface area is 153 Å². The molecule has 0 aromatic rings. The highest BCUT2D eigenvalue weighted by molar-refractivity contribution is 7.72. The molecule has 0 fully saturated rings. The molecule has 0 saturated carbocycles. The highest BCUT2D eigenvalue weighted by Crippen LogP contribution is 2.73. The molecule has 0 aromatic carbocycles. The maximum absolute atomic E-state index is 13.2. The van der Waals surface area contributed by atoms with Crippen LogP contribution in [0.2, 0.25) is 0 Å². The molecule has 1 atom stereocenters. The van der Waals surface area contributed by atoms with Crippen molar-refractivity contribution >= 4 is 15.2 Å². The van der Waals surface area contributed by atoms with Crippen molar-refractivity contribution in [2.75, 3.05) is 6.61 Å². The minimum absolute atomic E-state index is 0.605. The van der Waals surface area contributed by atoms with Crippen molar-refractivity contribution in [3.05, 3.63) is 34.9 Å². The Morgan fingerprint density at radius 2 is 1.38 bits per heavy atom. The maximum Gasteiger partial charge on any atom is 0.443 e. The van der Waals surface area contributed by atoms with Crippen LogP contribution in [0, 0.1) is 0 Å². The van der Waals surface area contributed by atoms with Gasteiger partial charge in [0, 0.05) is 0 Å². The standard InChI is InChI=1S/C16H28F2O6P2/c1-13(2)7-5-8-14(3)9-6-10-15(4)11-12-24-26(22,23)16(17,18)25(19,20)21/h7,9,11H,5-6,8,10,12H2,1-4H3,(H,22,23)(H2,19,20,21). The number of rotatable bonds is 11. The molecule has 0 aliphatic carbocycles. The summed E-state index contributed by atoms with van der Waals surface area (Å²) >= 11 is 0. The number of halogens is 2. The van der Waals surface area contributed by atoms with Crippen molar-refractivity contribution in [3.8, 4) is 0 Å². The summed E-state index contributed by atoms with van der Waals surface area (Å²) in [4.78, 5) is 26.1. The van der Waals surface area contributed by atoms with Gasteiger partial charge in [0.15, 0.2) is 0 Å². The van der Waals surface area contributed by atoms with Gasteiger partial charge in [-0.25, -0.2) is 0 Å². The van der Waals surface area contributed by atoms with Crippen LogP contribution >= 0.6 is 15.2 Å².